The Morgan fingerprint density at radius 2 is 2.16 bits per heavy atom. The van der Waals surface area contributed by atoms with Gasteiger partial charge in [-0.1, -0.05) is 11.6 Å². The van der Waals surface area contributed by atoms with Crippen LogP contribution >= 0.6 is 11.6 Å². The highest BCUT2D eigenvalue weighted by atomic mass is 35.5. The van der Waals surface area contributed by atoms with Gasteiger partial charge in [-0.2, -0.15) is 0 Å². The molecule has 2 aromatic rings. The summed E-state index contributed by atoms with van der Waals surface area (Å²) in [6.45, 7) is 0. The summed E-state index contributed by atoms with van der Waals surface area (Å²) in [5.74, 6) is 0. The first-order chi connectivity index (χ1) is 8.94. The molecule has 1 atom stereocenters. The maximum absolute atomic E-state index is 12.4. The summed E-state index contributed by atoms with van der Waals surface area (Å²) in [4.78, 5) is 15.7. The van der Waals surface area contributed by atoms with Crippen molar-refractivity contribution in [3.05, 3.63) is 35.5 Å². The molecule has 7 heteroatoms. The van der Waals surface area contributed by atoms with Gasteiger partial charge in [0.1, 0.15) is 0 Å². The molecule has 1 aromatic carbocycles. The van der Waals surface area contributed by atoms with E-state index in [1.165, 1.54) is 13.4 Å². The van der Waals surface area contributed by atoms with Crippen LogP contribution in [0.1, 0.15) is 0 Å². The van der Waals surface area contributed by atoms with Crippen LogP contribution in [0.3, 0.4) is 0 Å². The van der Waals surface area contributed by atoms with E-state index in [-0.39, 0.29) is 0 Å². The van der Waals surface area contributed by atoms with Gasteiger partial charge in [-0.15, -0.1) is 4.36 Å². The minimum absolute atomic E-state index is 0.403. The molecule has 0 aliphatic rings. The van der Waals surface area contributed by atoms with Gasteiger partial charge in [-0.25, -0.2) is 9.00 Å². The van der Waals surface area contributed by atoms with E-state index in [4.69, 9.17) is 11.6 Å². The first-order valence-corrected chi connectivity index (χ1v) is 7.58. The molecule has 0 aliphatic heterocycles. The molecule has 1 aromatic heterocycles. The third-order valence-corrected chi connectivity index (χ3v) is 4.48. The number of carbonyl (C=O) groups is 1. The highest BCUT2D eigenvalue weighted by molar-refractivity contribution is 7.93. The van der Waals surface area contributed by atoms with Crippen LogP contribution in [0, 0.1) is 0 Å². The second kappa shape index (κ2) is 5.14. The van der Waals surface area contributed by atoms with Crippen molar-refractivity contribution in [1.82, 2.24) is 4.98 Å². The largest absolute Gasteiger partial charge is 0.451 e. The zero-order chi connectivity index (χ0) is 14.0. The minimum atomic E-state index is -2.87. The van der Waals surface area contributed by atoms with Crippen molar-refractivity contribution in [1.29, 1.82) is 0 Å². The Morgan fingerprint density at radius 3 is 2.84 bits per heavy atom. The highest BCUT2D eigenvalue weighted by Gasteiger charge is 2.11. The standard InChI is InChI=1S/C12H11ClN2O3S/c1-18-12(16)15-19(2,17)8-3-4-11-9(7-8)10(13)5-6-14-11/h3-7H,1-2H3. The van der Waals surface area contributed by atoms with Crippen LogP contribution in [0.2, 0.25) is 5.02 Å². The second-order valence-corrected chi connectivity index (χ2v) is 6.50. The van der Waals surface area contributed by atoms with Gasteiger partial charge < -0.3 is 4.74 Å². The van der Waals surface area contributed by atoms with Gasteiger partial charge in [0, 0.05) is 22.7 Å². The molecule has 19 heavy (non-hydrogen) atoms. The third-order valence-electron chi connectivity index (χ3n) is 2.52. The van der Waals surface area contributed by atoms with Crippen LogP contribution in [-0.2, 0) is 14.5 Å². The maximum atomic E-state index is 12.4. The molecule has 1 heterocycles. The predicted octanol–water partition coefficient (Wildman–Crippen LogP) is 3.11. The molecule has 2 rings (SSSR count). The molecule has 5 nitrogen and oxygen atoms in total. The summed E-state index contributed by atoms with van der Waals surface area (Å²) in [5, 5.41) is 1.16. The van der Waals surface area contributed by atoms with E-state index in [0.29, 0.717) is 20.8 Å². The van der Waals surface area contributed by atoms with E-state index in [1.54, 1.807) is 30.5 Å². The van der Waals surface area contributed by atoms with E-state index in [2.05, 4.69) is 14.1 Å². The summed E-state index contributed by atoms with van der Waals surface area (Å²) >= 11 is 6.06. The molecule has 100 valence electrons. The van der Waals surface area contributed by atoms with Gasteiger partial charge >= 0.3 is 6.09 Å². The number of amides is 1. The number of methoxy groups -OCH3 is 1. The van der Waals surface area contributed by atoms with Gasteiger partial charge in [0.05, 0.1) is 27.4 Å². The molecule has 0 bridgehead atoms. The normalized spacial score (nSPS) is 13.8. The number of fused-ring (bicyclic) bond motifs is 1. The fourth-order valence-electron chi connectivity index (χ4n) is 1.56. The first kappa shape index (κ1) is 13.8. The topological polar surface area (TPSA) is 68.6 Å². The molecule has 1 unspecified atom stereocenters. The number of hydrogen-bond donors (Lipinski definition) is 0. The zero-order valence-electron chi connectivity index (χ0n) is 10.3. The molecule has 0 saturated carbocycles. The molecule has 1 amide bonds. The number of aromatic nitrogens is 1. The van der Waals surface area contributed by atoms with E-state index in [9.17, 15) is 9.00 Å². The Balaban J connectivity index is 2.64. The number of hydrogen-bond acceptors (Lipinski definition) is 4. The molecule has 0 fully saturated rings. The fourth-order valence-corrected chi connectivity index (χ4v) is 2.89. The van der Waals surface area contributed by atoms with E-state index < -0.39 is 15.8 Å². The molecule has 0 radical (unpaired) electrons. The van der Waals surface area contributed by atoms with Gasteiger partial charge in [0.15, 0.2) is 0 Å². The zero-order valence-corrected chi connectivity index (χ0v) is 11.9. The average molecular weight is 299 g/mol. The monoisotopic (exact) mass is 298 g/mol. The van der Waals surface area contributed by atoms with Crippen molar-refractivity contribution in [2.24, 2.45) is 4.36 Å². The summed E-state index contributed by atoms with van der Waals surface area (Å²) in [7, 11) is -1.68. The lowest BCUT2D eigenvalue weighted by Gasteiger charge is -2.06. The Hall–Kier alpha value is -1.66. The van der Waals surface area contributed by atoms with Crippen molar-refractivity contribution in [3.63, 3.8) is 0 Å². The molecule has 0 spiro atoms. The van der Waals surface area contributed by atoms with E-state index in [0.717, 1.165) is 0 Å². The van der Waals surface area contributed by atoms with Gasteiger partial charge in [0.2, 0.25) is 0 Å². The van der Waals surface area contributed by atoms with Crippen molar-refractivity contribution in [2.75, 3.05) is 13.4 Å². The summed E-state index contributed by atoms with van der Waals surface area (Å²) in [5.41, 5.74) is 0.685. The first-order valence-electron chi connectivity index (χ1n) is 5.28. The van der Waals surface area contributed by atoms with Gasteiger partial charge in [-0.3, -0.25) is 4.98 Å². The third kappa shape index (κ3) is 2.85. The number of carbonyl (C=O) groups excluding carboxylic acids is 1. The van der Waals surface area contributed by atoms with Crippen molar-refractivity contribution in [2.45, 2.75) is 4.90 Å². The Labute approximate surface area is 115 Å². The van der Waals surface area contributed by atoms with Crippen molar-refractivity contribution in [3.8, 4) is 0 Å². The Morgan fingerprint density at radius 1 is 1.42 bits per heavy atom. The molecule has 0 aliphatic carbocycles. The number of rotatable bonds is 1. The van der Waals surface area contributed by atoms with Gasteiger partial charge in [-0.05, 0) is 24.3 Å². The molecule has 0 N–H and O–H groups in total. The lowest BCUT2D eigenvalue weighted by Crippen LogP contribution is -2.03. The molecule has 0 saturated heterocycles. The highest BCUT2D eigenvalue weighted by Crippen LogP contribution is 2.25. The van der Waals surface area contributed by atoms with Crippen LogP contribution < -0.4 is 0 Å². The minimum Gasteiger partial charge on any atom is -0.451 e. The average Bonchev–Trinajstić information content (AvgIpc) is 2.38. The van der Waals surface area contributed by atoms with Crippen LogP contribution in [0.15, 0.2) is 39.7 Å². The molecular formula is C12H11ClN2O3S. The summed E-state index contributed by atoms with van der Waals surface area (Å²) in [6.07, 6.45) is 2.09. The van der Waals surface area contributed by atoms with E-state index >= 15 is 0 Å². The quantitative estimate of drug-likeness (QED) is 0.811. The number of nitrogens with zero attached hydrogens (tertiary/aromatic N) is 2. The van der Waals surface area contributed by atoms with Crippen LogP contribution in [0.4, 0.5) is 4.79 Å². The van der Waals surface area contributed by atoms with E-state index in [1.807, 2.05) is 0 Å². The van der Waals surface area contributed by atoms with Crippen LogP contribution in [0.5, 0.6) is 0 Å². The SMILES string of the molecule is COC(=O)N=S(C)(=O)c1ccc2nccc(Cl)c2c1. The summed E-state index contributed by atoms with van der Waals surface area (Å²) < 4.78 is 20.3. The maximum Gasteiger partial charge on any atom is 0.441 e. The second-order valence-electron chi connectivity index (χ2n) is 3.84. The number of halogens is 1. The number of ether oxygens (including phenoxy) is 1. The number of pyridine rings is 1. The number of benzene rings is 1. The van der Waals surface area contributed by atoms with Crippen LogP contribution in [0.25, 0.3) is 10.9 Å². The Kier molecular flexibility index (Phi) is 3.73. The van der Waals surface area contributed by atoms with Crippen LogP contribution in [-0.4, -0.2) is 28.7 Å². The lowest BCUT2D eigenvalue weighted by atomic mass is 10.2. The lowest BCUT2D eigenvalue weighted by molar-refractivity contribution is 0.183. The van der Waals surface area contributed by atoms with Crippen molar-refractivity contribution >= 4 is 38.3 Å². The van der Waals surface area contributed by atoms with Gasteiger partial charge in [0.25, 0.3) is 0 Å². The fraction of sp³-hybridized carbons (Fsp3) is 0.167. The Bertz CT molecular complexity index is 767. The predicted molar refractivity (Wildman–Crippen MR) is 73.9 cm³/mol. The van der Waals surface area contributed by atoms with Crippen molar-refractivity contribution < 1.29 is 13.7 Å². The smallest absolute Gasteiger partial charge is 0.441 e. The summed E-state index contributed by atoms with van der Waals surface area (Å²) in [6, 6.07) is 6.56. The molecular weight excluding hydrogens is 288 g/mol.